The van der Waals surface area contributed by atoms with Gasteiger partial charge in [-0.05, 0) is 33.2 Å². The van der Waals surface area contributed by atoms with Crippen molar-refractivity contribution < 1.29 is 9.47 Å². The lowest BCUT2D eigenvalue weighted by Crippen LogP contribution is -2.43. The Bertz CT molecular complexity index is 337. The van der Waals surface area contributed by atoms with Crippen LogP contribution in [0.4, 0.5) is 0 Å². The number of nitrogens with one attached hydrogen (secondary N) is 2. The summed E-state index contributed by atoms with van der Waals surface area (Å²) < 4.78 is 11.5. The molecule has 2 unspecified atom stereocenters. The number of hydrogen-bond donors (Lipinski definition) is 2. The van der Waals surface area contributed by atoms with Gasteiger partial charge in [0.05, 0.1) is 25.4 Å². The van der Waals surface area contributed by atoms with Crippen LogP contribution in [-0.4, -0.2) is 76.1 Å². The van der Waals surface area contributed by atoms with Gasteiger partial charge in [-0.3, -0.25) is 4.99 Å². The molecular weight excluding hydrogens is 292 g/mol. The van der Waals surface area contributed by atoms with E-state index in [1.807, 2.05) is 0 Å². The van der Waals surface area contributed by atoms with E-state index in [1.165, 1.54) is 0 Å². The molecule has 6 heteroatoms. The fourth-order valence-corrected chi connectivity index (χ4v) is 2.67. The average Bonchev–Trinajstić information content (AvgIpc) is 2.51. The van der Waals surface area contributed by atoms with Crippen LogP contribution < -0.4 is 10.6 Å². The van der Waals surface area contributed by atoms with Gasteiger partial charge in [0, 0.05) is 32.8 Å². The summed E-state index contributed by atoms with van der Waals surface area (Å²) in [5.41, 5.74) is 0. The Kier molecular flexibility index (Phi) is 10.2. The second kappa shape index (κ2) is 11.6. The summed E-state index contributed by atoms with van der Waals surface area (Å²) in [6.45, 7) is 14.5. The molecule has 0 aromatic heterocycles. The van der Waals surface area contributed by atoms with Crippen molar-refractivity contribution in [3.8, 4) is 0 Å². The van der Waals surface area contributed by atoms with E-state index < -0.39 is 0 Å². The molecule has 0 amide bonds. The molecule has 1 fully saturated rings. The summed E-state index contributed by atoms with van der Waals surface area (Å²) in [7, 11) is 2.13. The molecule has 0 aromatic rings. The minimum Gasteiger partial charge on any atom is -0.378 e. The van der Waals surface area contributed by atoms with Crippen molar-refractivity contribution in [2.24, 2.45) is 10.9 Å². The fourth-order valence-electron chi connectivity index (χ4n) is 2.67. The van der Waals surface area contributed by atoms with Crippen LogP contribution in [-0.2, 0) is 9.47 Å². The normalized spacial score (nSPS) is 21.5. The van der Waals surface area contributed by atoms with E-state index in [9.17, 15) is 0 Å². The maximum Gasteiger partial charge on any atom is 0.191 e. The lowest BCUT2D eigenvalue weighted by Gasteiger charge is -2.29. The number of morpholine rings is 1. The number of ether oxygens (including phenoxy) is 2. The van der Waals surface area contributed by atoms with Gasteiger partial charge >= 0.3 is 0 Å². The van der Waals surface area contributed by atoms with Crippen molar-refractivity contribution in [2.45, 2.75) is 46.3 Å². The van der Waals surface area contributed by atoms with E-state index >= 15 is 0 Å². The van der Waals surface area contributed by atoms with Crippen LogP contribution in [0.15, 0.2) is 4.99 Å². The highest BCUT2D eigenvalue weighted by molar-refractivity contribution is 5.79. The van der Waals surface area contributed by atoms with Gasteiger partial charge in [-0.2, -0.15) is 0 Å². The number of guanidine groups is 1. The molecule has 2 atom stereocenters. The predicted octanol–water partition coefficient (Wildman–Crippen LogP) is 1.32. The molecule has 1 aliphatic heterocycles. The number of rotatable bonds is 9. The highest BCUT2D eigenvalue weighted by atomic mass is 16.5. The third-order valence-electron chi connectivity index (χ3n) is 3.98. The van der Waals surface area contributed by atoms with Crippen molar-refractivity contribution in [1.29, 1.82) is 0 Å². The van der Waals surface area contributed by atoms with Gasteiger partial charge in [0.2, 0.25) is 0 Å². The second-order valence-corrected chi connectivity index (χ2v) is 6.43. The first-order valence-electron chi connectivity index (χ1n) is 9.00. The number of likely N-dealkylation sites (N-methyl/N-ethyl adjacent to an activating group) is 1. The van der Waals surface area contributed by atoms with Gasteiger partial charge in [0.25, 0.3) is 0 Å². The highest BCUT2D eigenvalue weighted by Gasteiger charge is 2.17. The molecule has 136 valence electrons. The van der Waals surface area contributed by atoms with Gasteiger partial charge in [-0.25, -0.2) is 0 Å². The first-order chi connectivity index (χ1) is 11.1. The standard InChI is InChI=1S/C17H36N4O2/c1-6-18-17(19-9-8-16(14(3)4)22-7-2)20-12-15-13-21(5)10-11-23-15/h14-16H,6-13H2,1-5H3,(H2,18,19,20). The summed E-state index contributed by atoms with van der Waals surface area (Å²) in [4.78, 5) is 6.95. The van der Waals surface area contributed by atoms with Gasteiger partial charge in [-0.1, -0.05) is 13.8 Å². The van der Waals surface area contributed by atoms with E-state index in [1.54, 1.807) is 0 Å². The summed E-state index contributed by atoms with van der Waals surface area (Å²) in [5.74, 6) is 1.39. The zero-order valence-electron chi connectivity index (χ0n) is 15.6. The van der Waals surface area contributed by atoms with Crippen molar-refractivity contribution in [3.63, 3.8) is 0 Å². The van der Waals surface area contributed by atoms with Gasteiger partial charge < -0.3 is 25.0 Å². The van der Waals surface area contributed by atoms with E-state index in [4.69, 9.17) is 9.47 Å². The molecule has 6 nitrogen and oxygen atoms in total. The molecule has 0 spiro atoms. The van der Waals surface area contributed by atoms with E-state index in [0.717, 1.165) is 51.8 Å². The van der Waals surface area contributed by atoms with Gasteiger partial charge in [-0.15, -0.1) is 0 Å². The Balaban J connectivity index is 2.39. The summed E-state index contributed by atoms with van der Waals surface area (Å²) >= 11 is 0. The molecule has 1 saturated heterocycles. The molecule has 1 heterocycles. The largest absolute Gasteiger partial charge is 0.378 e. The molecule has 1 aliphatic rings. The van der Waals surface area contributed by atoms with Crippen LogP contribution in [0.1, 0.15) is 34.1 Å². The van der Waals surface area contributed by atoms with Crippen molar-refractivity contribution in [2.75, 3.05) is 53.0 Å². The Labute approximate surface area is 142 Å². The third kappa shape index (κ3) is 8.53. The van der Waals surface area contributed by atoms with E-state index in [-0.39, 0.29) is 6.10 Å². The maximum atomic E-state index is 5.79. The van der Waals surface area contributed by atoms with E-state index in [0.29, 0.717) is 18.6 Å². The van der Waals surface area contributed by atoms with Gasteiger partial charge in [0.1, 0.15) is 0 Å². The Morgan fingerprint density at radius 1 is 1.35 bits per heavy atom. The summed E-state index contributed by atoms with van der Waals surface area (Å²) in [6.07, 6.45) is 1.47. The minimum atomic E-state index is 0.191. The minimum absolute atomic E-state index is 0.191. The molecule has 1 rings (SSSR count). The highest BCUT2D eigenvalue weighted by Crippen LogP contribution is 2.10. The van der Waals surface area contributed by atoms with Crippen LogP contribution in [0.3, 0.4) is 0 Å². The predicted molar refractivity (Wildman–Crippen MR) is 96.1 cm³/mol. The quantitative estimate of drug-likeness (QED) is 0.494. The molecule has 0 radical (unpaired) electrons. The zero-order valence-corrected chi connectivity index (χ0v) is 15.6. The van der Waals surface area contributed by atoms with Crippen LogP contribution in [0.5, 0.6) is 0 Å². The molecule has 0 aliphatic carbocycles. The first-order valence-corrected chi connectivity index (χ1v) is 9.00. The smallest absolute Gasteiger partial charge is 0.191 e. The Hall–Kier alpha value is -0.850. The topological polar surface area (TPSA) is 58.1 Å². The molecule has 2 N–H and O–H groups in total. The van der Waals surface area contributed by atoms with Crippen LogP contribution in [0.2, 0.25) is 0 Å². The zero-order chi connectivity index (χ0) is 17.1. The van der Waals surface area contributed by atoms with Crippen molar-refractivity contribution in [1.82, 2.24) is 15.5 Å². The molecule has 23 heavy (non-hydrogen) atoms. The number of hydrogen-bond acceptors (Lipinski definition) is 4. The van der Waals surface area contributed by atoms with Gasteiger partial charge in [0.15, 0.2) is 5.96 Å². The van der Waals surface area contributed by atoms with Crippen LogP contribution in [0, 0.1) is 5.92 Å². The Morgan fingerprint density at radius 2 is 2.13 bits per heavy atom. The monoisotopic (exact) mass is 328 g/mol. The van der Waals surface area contributed by atoms with Crippen molar-refractivity contribution in [3.05, 3.63) is 0 Å². The van der Waals surface area contributed by atoms with Crippen molar-refractivity contribution >= 4 is 5.96 Å². The lowest BCUT2D eigenvalue weighted by molar-refractivity contribution is -0.0136. The average molecular weight is 329 g/mol. The molecule has 0 saturated carbocycles. The summed E-state index contributed by atoms with van der Waals surface area (Å²) in [5, 5.41) is 6.70. The molecule has 0 bridgehead atoms. The van der Waals surface area contributed by atoms with Crippen LogP contribution >= 0.6 is 0 Å². The Morgan fingerprint density at radius 3 is 2.74 bits per heavy atom. The lowest BCUT2D eigenvalue weighted by atomic mass is 10.0. The third-order valence-corrected chi connectivity index (χ3v) is 3.98. The number of nitrogens with zero attached hydrogens (tertiary/aromatic N) is 2. The SMILES string of the molecule is CCNC(=NCC1CN(C)CCO1)NCCC(OCC)C(C)C. The molecular formula is C17H36N4O2. The molecule has 0 aromatic carbocycles. The number of aliphatic imine (C=N–C) groups is 1. The first kappa shape index (κ1) is 20.2. The second-order valence-electron chi connectivity index (χ2n) is 6.43. The summed E-state index contributed by atoms with van der Waals surface area (Å²) in [6, 6.07) is 0. The van der Waals surface area contributed by atoms with Crippen LogP contribution in [0.25, 0.3) is 0 Å². The fraction of sp³-hybridized carbons (Fsp3) is 0.941. The maximum absolute atomic E-state index is 5.79. The van der Waals surface area contributed by atoms with E-state index in [2.05, 4.69) is 55.3 Å².